The molecule has 3 nitrogen and oxygen atoms in total. The molecule has 0 amide bonds. The molecule has 1 aliphatic rings. The minimum Gasteiger partial charge on any atom is -0.295 e. The molecule has 1 heterocycles. The predicted molar refractivity (Wildman–Crippen MR) is 72.6 cm³/mol. The number of nitrogens with one attached hydrogen (secondary N) is 1. The van der Waals surface area contributed by atoms with Crippen molar-refractivity contribution in [3.05, 3.63) is 50.7 Å². The molecule has 0 spiro atoms. The number of nitrogens with zero attached hydrogens (tertiary/aromatic N) is 1. The number of aryl methyl sites for hydroxylation is 1. The van der Waals surface area contributed by atoms with E-state index in [-0.39, 0.29) is 16.3 Å². The van der Waals surface area contributed by atoms with Gasteiger partial charge in [0, 0.05) is 11.3 Å². The summed E-state index contributed by atoms with van der Waals surface area (Å²) < 4.78 is 15.1. The van der Waals surface area contributed by atoms with Crippen LogP contribution in [0.3, 0.4) is 0 Å². The van der Waals surface area contributed by atoms with Crippen molar-refractivity contribution in [2.24, 2.45) is 0 Å². The number of hydrogen-bond donors (Lipinski definition) is 1. The SMILES string of the molecule is O=c1c2c([nH]n1-c1c(F)cccc1Cl)CCCCC2. The van der Waals surface area contributed by atoms with Crippen LogP contribution in [-0.2, 0) is 12.8 Å². The third-order valence-corrected chi connectivity index (χ3v) is 3.89. The van der Waals surface area contributed by atoms with Crippen molar-refractivity contribution >= 4 is 11.6 Å². The van der Waals surface area contributed by atoms with E-state index in [1.165, 1.54) is 16.8 Å². The van der Waals surface area contributed by atoms with Gasteiger partial charge in [0.1, 0.15) is 11.5 Å². The summed E-state index contributed by atoms with van der Waals surface area (Å²) in [5.74, 6) is -0.494. The first-order chi connectivity index (χ1) is 9.18. The summed E-state index contributed by atoms with van der Waals surface area (Å²) in [4.78, 5) is 12.4. The quantitative estimate of drug-likeness (QED) is 0.800. The van der Waals surface area contributed by atoms with Crippen LogP contribution in [0.2, 0.25) is 5.02 Å². The predicted octanol–water partition coefficient (Wildman–Crippen LogP) is 3.23. The summed E-state index contributed by atoms with van der Waals surface area (Å²) in [6.45, 7) is 0. The minimum atomic E-state index is -0.494. The average Bonchev–Trinajstić information content (AvgIpc) is 2.57. The molecule has 2 aromatic rings. The van der Waals surface area contributed by atoms with E-state index in [1.807, 2.05) is 0 Å². The van der Waals surface area contributed by atoms with E-state index in [0.29, 0.717) is 0 Å². The third-order valence-electron chi connectivity index (χ3n) is 3.59. The van der Waals surface area contributed by atoms with Crippen LogP contribution in [-0.4, -0.2) is 9.78 Å². The number of hydrogen-bond acceptors (Lipinski definition) is 1. The van der Waals surface area contributed by atoms with Gasteiger partial charge in [0.15, 0.2) is 0 Å². The van der Waals surface area contributed by atoms with Gasteiger partial charge in [-0.25, -0.2) is 9.07 Å². The molecule has 0 saturated heterocycles. The molecule has 0 unspecified atom stereocenters. The van der Waals surface area contributed by atoms with Crippen molar-refractivity contribution in [3.8, 4) is 5.69 Å². The van der Waals surface area contributed by atoms with Crippen LogP contribution >= 0.6 is 11.6 Å². The van der Waals surface area contributed by atoms with Crippen molar-refractivity contribution in [2.75, 3.05) is 0 Å². The number of fused-ring (bicyclic) bond motifs is 1. The van der Waals surface area contributed by atoms with Crippen LogP contribution in [0.15, 0.2) is 23.0 Å². The van der Waals surface area contributed by atoms with Crippen molar-refractivity contribution in [1.82, 2.24) is 9.78 Å². The third kappa shape index (κ3) is 2.10. The maximum Gasteiger partial charge on any atom is 0.274 e. The number of aromatic amines is 1. The highest BCUT2D eigenvalue weighted by Crippen LogP contribution is 2.23. The molecule has 1 N–H and O–H groups in total. The first kappa shape index (κ1) is 12.5. The topological polar surface area (TPSA) is 37.8 Å². The van der Waals surface area contributed by atoms with Crippen LogP contribution in [0.1, 0.15) is 30.5 Å². The fourth-order valence-corrected chi connectivity index (χ4v) is 2.87. The first-order valence-corrected chi connectivity index (χ1v) is 6.83. The van der Waals surface area contributed by atoms with E-state index in [9.17, 15) is 9.18 Å². The number of benzene rings is 1. The van der Waals surface area contributed by atoms with Gasteiger partial charge in [-0.2, -0.15) is 0 Å². The van der Waals surface area contributed by atoms with Crippen LogP contribution in [0.25, 0.3) is 5.69 Å². The van der Waals surface area contributed by atoms with Crippen molar-refractivity contribution in [2.45, 2.75) is 32.1 Å². The molecule has 1 aromatic carbocycles. The Balaban J connectivity index is 2.20. The summed E-state index contributed by atoms with van der Waals surface area (Å²) in [6, 6.07) is 4.41. The molecule has 1 aliphatic carbocycles. The Morgan fingerprint density at radius 1 is 1.21 bits per heavy atom. The van der Waals surface area contributed by atoms with Gasteiger partial charge in [-0.3, -0.25) is 9.89 Å². The van der Waals surface area contributed by atoms with Gasteiger partial charge in [-0.1, -0.05) is 24.1 Å². The maximum absolute atomic E-state index is 13.9. The van der Waals surface area contributed by atoms with Crippen LogP contribution in [0, 0.1) is 5.82 Å². The lowest BCUT2D eigenvalue weighted by Gasteiger charge is -2.06. The Morgan fingerprint density at radius 3 is 2.79 bits per heavy atom. The molecule has 1 aromatic heterocycles. The second-order valence-corrected chi connectivity index (χ2v) is 5.25. The van der Waals surface area contributed by atoms with Gasteiger partial charge >= 0.3 is 0 Å². The Labute approximate surface area is 115 Å². The minimum absolute atomic E-state index is 0.113. The van der Waals surface area contributed by atoms with E-state index in [2.05, 4.69) is 5.10 Å². The van der Waals surface area contributed by atoms with Crippen LogP contribution in [0.4, 0.5) is 4.39 Å². The lowest BCUT2D eigenvalue weighted by molar-refractivity contribution is 0.605. The summed E-state index contributed by atoms with van der Waals surface area (Å²) in [5, 5.41) is 3.25. The second-order valence-electron chi connectivity index (χ2n) is 4.84. The standard InChI is InChI=1S/C14H14ClFN2O/c15-10-6-4-7-11(16)13(10)18-14(19)9-5-2-1-3-8-12(9)17-18/h4,6-7,17H,1-3,5,8H2. The number of halogens is 2. The first-order valence-electron chi connectivity index (χ1n) is 6.45. The number of rotatable bonds is 1. The monoisotopic (exact) mass is 280 g/mol. The lowest BCUT2D eigenvalue weighted by atomic mass is 10.1. The second kappa shape index (κ2) is 4.85. The summed E-state index contributed by atoms with van der Waals surface area (Å²) in [6.07, 6.45) is 4.78. The summed E-state index contributed by atoms with van der Waals surface area (Å²) >= 11 is 6.01. The van der Waals surface area contributed by atoms with E-state index < -0.39 is 5.82 Å². The Hall–Kier alpha value is -1.55. The molecular weight excluding hydrogens is 267 g/mol. The van der Waals surface area contributed by atoms with Gasteiger partial charge in [-0.15, -0.1) is 0 Å². The van der Waals surface area contributed by atoms with E-state index in [4.69, 9.17) is 11.6 Å². The van der Waals surface area contributed by atoms with E-state index >= 15 is 0 Å². The van der Waals surface area contributed by atoms with Gasteiger partial charge in [-0.05, 0) is 37.8 Å². The zero-order chi connectivity index (χ0) is 13.4. The molecule has 0 saturated carbocycles. The van der Waals surface area contributed by atoms with Gasteiger partial charge < -0.3 is 0 Å². The molecule has 5 heteroatoms. The van der Waals surface area contributed by atoms with Gasteiger partial charge in [0.2, 0.25) is 0 Å². The van der Waals surface area contributed by atoms with E-state index in [0.717, 1.165) is 43.4 Å². The smallest absolute Gasteiger partial charge is 0.274 e. The zero-order valence-electron chi connectivity index (χ0n) is 10.4. The highest BCUT2D eigenvalue weighted by molar-refractivity contribution is 6.32. The van der Waals surface area contributed by atoms with Gasteiger partial charge in [0.25, 0.3) is 5.56 Å². The highest BCUT2D eigenvalue weighted by Gasteiger charge is 2.20. The summed E-state index contributed by atoms with van der Waals surface area (Å²) in [5.41, 5.74) is 1.63. The van der Waals surface area contributed by atoms with Crippen molar-refractivity contribution in [3.63, 3.8) is 0 Å². The summed E-state index contributed by atoms with van der Waals surface area (Å²) in [7, 11) is 0. The number of aromatic nitrogens is 2. The fourth-order valence-electron chi connectivity index (χ4n) is 2.62. The fraction of sp³-hybridized carbons (Fsp3) is 0.357. The highest BCUT2D eigenvalue weighted by atomic mass is 35.5. The molecule has 3 rings (SSSR count). The normalized spacial score (nSPS) is 15.1. The Morgan fingerprint density at radius 2 is 2.00 bits per heavy atom. The van der Waals surface area contributed by atoms with Crippen LogP contribution in [0.5, 0.6) is 0 Å². The average molecular weight is 281 g/mol. The molecule has 0 aliphatic heterocycles. The molecule has 0 radical (unpaired) electrons. The Kier molecular flexibility index (Phi) is 3.19. The molecule has 19 heavy (non-hydrogen) atoms. The molecular formula is C14H14ClFN2O. The number of para-hydroxylation sites is 1. The molecule has 0 bridgehead atoms. The van der Waals surface area contributed by atoms with Gasteiger partial charge in [0.05, 0.1) is 5.02 Å². The molecule has 0 atom stereocenters. The maximum atomic E-state index is 13.9. The number of H-pyrrole nitrogens is 1. The largest absolute Gasteiger partial charge is 0.295 e. The van der Waals surface area contributed by atoms with Crippen molar-refractivity contribution < 1.29 is 4.39 Å². The molecule has 100 valence electrons. The van der Waals surface area contributed by atoms with E-state index in [1.54, 1.807) is 6.07 Å². The lowest BCUT2D eigenvalue weighted by Crippen LogP contribution is -2.18. The zero-order valence-corrected chi connectivity index (χ0v) is 11.1. The molecule has 0 fully saturated rings. The van der Waals surface area contributed by atoms with Crippen LogP contribution < -0.4 is 5.56 Å². The van der Waals surface area contributed by atoms with Crippen molar-refractivity contribution in [1.29, 1.82) is 0 Å². The Bertz CT molecular complexity index is 654.